The summed E-state index contributed by atoms with van der Waals surface area (Å²) in [6, 6.07) is 6.18. The van der Waals surface area contributed by atoms with E-state index in [1.165, 1.54) is 16.4 Å². The van der Waals surface area contributed by atoms with Crippen molar-refractivity contribution in [2.75, 3.05) is 26.2 Å². The van der Waals surface area contributed by atoms with Gasteiger partial charge in [0.1, 0.15) is 0 Å². The predicted octanol–water partition coefficient (Wildman–Crippen LogP) is 2.84. The van der Waals surface area contributed by atoms with E-state index in [1.54, 1.807) is 19.1 Å². The average Bonchev–Trinajstić information content (AvgIpc) is 3.20. The molecule has 0 radical (unpaired) electrons. The maximum Gasteiger partial charge on any atom is 0.243 e. The first-order chi connectivity index (χ1) is 14.3. The summed E-state index contributed by atoms with van der Waals surface area (Å²) in [6.07, 6.45) is 2.85. The molecule has 1 atom stereocenters. The fourth-order valence-electron chi connectivity index (χ4n) is 4.21. The zero-order chi connectivity index (χ0) is 21.3. The van der Waals surface area contributed by atoms with Gasteiger partial charge in [0.15, 0.2) is 5.82 Å². The molecule has 2 saturated heterocycles. The van der Waals surface area contributed by atoms with Gasteiger partial charge in [0.05, 0.1) is 10.8 Å². The molecule has 2 aliphatic rings. The van der Waals surface area contributed by atoms with Gasteiger partial charge in [-0.2, -0.15) is 9.29 Å². The van der Waals surface area contributed by atoms with Crippen molar-refractivity contribution in [1.82, 2.24) is 19.3 Å². The summed E-state index contributed by atoms with van der Waals surface area (Å²) in [5.74, 6) is 1.19. The van der Waals surface area contributed by atoms with Gasteiger partial charge in [-0.1, -0.05) is 16.8 Å². The maximum absolute atomic E-state index is 13.1. The highest BCUT2D eigenvalue weighted by Gasteiger charge is 2.36. The van der Waals surface area contributed by atoms with Crippen LogP contribution in [0.2, 0.25) is 5.02 Å². The number of rotatable bonds is 4. The SMILES string of the molecule is Cc1noc(C2CCCN(C(=O)C3CCN(S(=O)(=O)c4ccc(Cl)cc4)CC3)C2)n1. The van der Waals surface area contributed by atoms with Gasteiger partial charge < -0.3 is 9.42 Å². The topological polar surface area (TPSA) is 96.6 Å². The van der Waals surface area contributed by atoms with Crippen LogP contribution in [0.5, 0.6) is 0 Å². The molecule has 0 aliphatic carbocycles. The maximum atomic E-state index is 13.1. The van der Waals surface area contributed by atoms with Gasteiger partial charge in [0.2, 0.25) is 21.8 Å². The van der Waals surface area contributed by atoms with E-state index in [2.05, 4.69) is 10.1 Å². The van der Waals surface area contributed by atoms with Crippen LogP contribution in [0.25, 0.3) is 0 Å². The van der Waals surface area contributed by atoms with Crippen molar-refractivity contribution in [3.05, 3.63) is 41.0 Å². The largest absolute Gasteiger partial charge is 0.342 e. The second-order valence-corrected chi connectivity index (χ2v) is 10.3. The number of amides is 1. The Morgan fingerprint density at radius 2 is 1.83 bits per heavy atom. The second kappa shape index (κ2) is 8.64. The second-order valence-electron chi connectivity index (χ2n) is 7.94. The van der Waals surface area contributed by atoms with Gasteiger partial charge in [-0.25, -0.2) is 8.42 Å². The summed E-state index contributed by atoms with van der Waals surface area (Å²) in [5.41, 5.74) is 0. The minimum Gasteiger partial charge on any atom is -0.342 e. The Hall–Kier alpha value is -1.97. The number of piperidine rings is 2. The molecule has 0 N–H and O–H groups in total. The molecule has 2 aromatic rings. The zero-order valence-electron chi connectivity index (χ0n) is 16.8. The van der Waals surface area contributed by atoms with Crippen LogP contribution < -0.4 is 0 Å². The van der Waals surface area contributed by atoms with E-state index in [0.717, 1.165) is 12.8 Å². The van der Waals surface area contributed by atoms with Gasteiger partial charge in [-0.3, -0.25) is 4.79 Å². The number of nitrogens with zero attached hydrogens (tertiary/aromatic N) is 4. The highest BCUT2D eigenvalue weighted by molar-refractivity contribution is 7.89. The van der Waals surface area contributed by atoms with Gasteiger partial charge in [0, 0.05) is 37.1 Å². The Morgan fingerprint density at radius 3 is 2.47 bits per heavy atom. The number of likely N-dealkylation sites (tertiary alicyclic amines) is 1. The molecule has 0 spiro atoms. The highest BCUT2D eigenvalue weighted by atomic mass is 35.5. The summed E-state index contributed by atoms with van der Waals surface area (Å²) in [5, 5.41) is 4.35. The molecule has 1 amide bonds. The number of aromatic nitrogens is 2. The molecule has 162 valence electrons. The molecule has 10 heteroatoms. The first-order valence-corrected chi connectivity index (χ1v) is 12.0. The van der Waals surface area contributed by atoms with Gasteiger partial charge in [-0.05, 0) is 56.9 Å². The number of benzene rings is 1. The molecule has 2 fully saturated rings. The van der Waals surface area contributed by atoms with Crippen LogP contribution in [0.15, 0.2) is 33.7 Å². The molecular weight excluding hydrogens is 428 g/mol. The van der Waals surface area contributed by atoms with E-state index in [-0.39, 0.29) is 22.6 Å². The minimum atomic E-state index is -3.57. The molecule has 1 aromatic heterocycles. The summed E-state index contributed by atoms with van der Waals surface area (Å²) in [7, 11) is -3.57. The Balaban J connectivity index is 1.36. The van der Waals surface area contributed by atoms with Crippen LogP contribution in [0.3, 0.4) is 0 Å². The van der Waals surface area contributed by atoms with Crippen molar-refractivity contribution >= 4 is 27.5 Å². The molecule has 1 aromatic carbocycles. The molecule has 0 saturated carbocycles. The van der Waals surface area contributed by atoms with Crippen LogP contribution >= 0.6 is 11.6 Å². The van der Waals surface area contributed by atoms with E-state index in [4.69, 9.17) is 16.1 Å². The monoisotopic (exact) mass is 452 g/mol. The van der Waals surface area contributed by atoms with E-state index in [9.17, 15) is 13.2 Å². The van der Waals surface area contributed by atoms with Gasteiger partial charge in [0.25, 0.3) is 0 Å². The van der Waals surface area contributed by atoms with Crippen molar-refractivity contribution in [3.63, 3.8) is 0 Å². The Morgan fingerprint density at radius 1 is 1.13 bits per heavy atom. The molecule has 0 bridgehead atoms. The normalized spacial score (nSPS) is 21.7. The summed E-state index contributed by atoms with van der Waals surface area (Å²) in [4.78, 5) is 19.5. The molecule has 8 nitrogen and oxygen atoms in total. The third-order valence-electron chi connectivity index (χ3n) is 5.88. The van der Waals surface area contributed by atoms with Crippen LogP contribution in [-0.4, -0.2) is 59.8 Å². The van der Waals surface area contributed by atoms with E-state index < -0.39 is 10.0 Å². The lowest BCUT2D eigenvalue weighted by molar-refractivity contribution is -0.138. The summed E-state index contributed by atoms with van der Waals surface area (Å²) in [6.45, 7) is 3.74. The Labute approximate surface area is 181 Å². The van der Waals surface area contributed by atoms with Gasteiger partial charge >= 0.3 is 0 Å². The molecule has 30 heavy (non-hydrogen) atoms. The van der Waals surface area contributed by atoms with Crippen LogP contribution in [-0.2, 0) is 14.8 Å². The first-order valence-electron chi connectivity index (χ1n) is 10.2. The molecule has 2 aliphatic heterocycles. The number of aryl methyl sites for hydroxylation is 1. The third kappa shape index (κ3) is 4.38. The number of hydrogen-bond acceptors (Lipinski definition) is 6. The smallest absolute Gasteiger partial charge is 0.243 e. The average molecular weight is 453 g/mol. The van der Waals surface area contributed by atoms with Crippen molar-refractivity contribution in [1.29, 1.82) is 0 Å². The van der Waals surface area contributed by atoms with Crippen LogP contribution in [0.1, 0.15) is 43.3 Å². The quantitative estimate of drug-likeness (QED) is 0.707. The van der Waals surface area contributed by atoms with E-state index in [0.29, 0.717) is 55.8 Å². The highest BCUT2D eigenvalue weighted by Crippen LogP contribution is 2.30. The molecule has 1 unspecified atom stereocenters. The summed E-state index contributed by atoms with van der Waals surface area (Å²) >= 11 is 5.86. The molecule has 3 heterocycles. The fourth-order valence-corrected chi connectivity index (χ4v) is 5.81. The van der Waals surface area contributed by atoms with Crippen molar-refractivity contribution in [2.24, 2.45) is 5.92 Å². The number of carbonyl (C=O) groups excluding carboxylic acids is 1. The number of hydrogen-bond donors (Lipinski definition) is 0. The lowest BCUT2D eigenvalue weighted by Gasteiger charge is -2.36. The first kappa shape index (κ1) is 21.3. The molecule has 4 rings (SSSR count). The minimum absolute atomic E-state index is 0.0641. The predicted molar refractivity (Wildman–Crippen MR) is 111 cm³/mol. The Bertz CT molecular complexity index is 1000. The van der Waals surface area contributed by atoms with Crippen LogP contribution in [0, 0.1) is 12.8 Å². The third-order valence-corrected chi connectivity index (χ3v) is 8.05. The fraction of sp³-hybridized carbons (Fsp3) is 0.550. The zero-order valence-corrected chi connectivity index (χ0v) is 18.4. The van der Waals surface area contributed by atoms with Gasteiger partial charge in [-0.15, -0.1) is 0 Å². The standard InChI is InChI=1S/C20H25ClN4O4S/c1-14-22-19(29-23-14)16-3-2-10-24(13-16)20(26)15-8-11-25(12-9-15)30(27,28)18-6-4-17(21)5-7-18/h4-7,15-16H,2-3,8-13H2,1H3. The number of halogens is 1. The summed E-state index contributed by atoms with van der Waals surface area (Å²) < 4.78 is 32.4. The number of sulfonamides is 1. The van der Waals surface area contributed by atoms with E-state index in [1.807, 2.05) is 4.90 Å². The number of carbonyl (C=O) groups is 1. The molecular formula is C20H25ClN4O4S. The Kier molecular flexibility index (Phi) is 6.13. The van der Waals surface area contributed by atoms with Crippen molar-refractivity contribution in [3.8, 4) is 0 Å². The van der Waals surface area contributed by atoms with Crippen molar-refractivity contribution in [2.45, 2.75) is 43.4 Å². The lowest BCUT2D eigenvalue weighted by atomic mass is 9.93. The van der Waals surface area contributed by atoms with Crippen molar-refractivity contribution < 1.29 is 17.7 Å². The van der Waals surface area contributed by atoms with E-state index >= 15 is 0 Å². The van der Waals surface area contributed by atoms with Crippen LogP contribution in [0.4, 0.5) is 0 Å². The lowest BCUT2D eigenvalue weighted by Crippen LogP contribution is -2.46.